The number of carbonyl (C=O) groups is 1. The molecule has 0 aliphatic rings. The Morgan fingerprint density at radius 1 is 1.60 bits per heavy atom. The molecule has 1 aromatic rings. The predicted molar refractivity (Wildman–Crippen MR) is 59.6 cm³/mol. The van der Waals surface area contributed by atoms with Gasteiger partial charge in [-0.15, -0.1) is 0 Å². The SMILES string of the molecule is CCC(CC)NC(=O)CSc1ncn[nH]1. The molecule has 84 valence electrons. The summed E-state index contributed by atoms with van der Waals surface area (Å²) in [7, 11) is 0. The van der Waals surface area contributed by atoms with Crippen LogP contribution in [0.25, 0.3) is 0 Å². The van der Waals surface area contributed by atoms with Crippen LogP contribution in [0.2, 0.25) is 0 Å². The number of aromatic amines is 1. The fourth-order valence-electron chi connectivity index (χ4n) is 1.16. The van der Waals surface area contributed by atoms with Gasteiger partial charge in [-0.2, -0.15) is 5.10 Å². The van der Waals surface area contributed by atoms with E-state index in [2.05, 4.69) is 34.3 Å². The molecule has 0 atom stereocenters. The van der Waals surface area contributed by atoms with Crippen LogP contribution in [0.5, 0.6) is 0 Å². The molecule has 5 nitrogen and oxygen atoms in total. The van der Waals surface area contributed by atoms with Gasteiger partial charge in [0.05, 0.1) is 5.75 Å². The number of hydrogen-bond acceptors (Lipinski definition) is 4. The second-order valence-corrected chi connectivity index (χ2v) is 4.12. The molecule has 0 saturated heterocycles. The third-order valence-corrected chi connectivity index (χ3v) is 2.96. The Hall–Kier alpha value is -1.04. The van der Waals surface area contributed by atoms with Crippen LogP contribution in [0.4, 0.5) is 0 Å². The molecule has 0 aliphatic heterocycles. The summed E-state index contributed by atoms with van der Waals surface area (Å²) < 4.78 is 0. The molecule has 6 heteroatoms. The monoisotopic (exact) mass is 228 g/mol. The lowest BCUT2D eigenvalue weighted by atomic mass is 10.2. The van der Waals surface area contributed by atoms with Crippen molar-refractivity contribution < 1.29 is 4.79 Å². The van der Waals surface area contributed by atoms with E-state index >= 15 is 0 Å². The highest BCUT2D eigenvalue weighted by Gasteiger charge is 2.09. The Kier molecular flexibility index (Phi) is 5.17. The van der Waals surface area contributed by atoms with Crippen molar-refractivity contribution in [1.82, 2.24) is 20.5 Å². The molecular weight excluding hydrogens is 212 g/mol. The van der Waals surface area contributed by atoms with E-state index in [1.54, 1.807) is 0 Å². The van der Waals surface area contributed by atoms with Gasteiger partial charge in [0.2, 0.25) is 5.91 Å². The molecule has 0 spiro atoms. The Morgan fingerprint density at radius 3 is 2.87 bits per heavy atom. The topological polar surface area (TPSA) is 70.7 Å². The minimum Gasteiger partial charge on any atom is -0.353 e. The molecule has 0 saturated carbocycles. The minimum absolute atomic E-state index is 0.0464. The first-order valence-electron chi connectivity index (χ1n) is 5.03. The smallest absolute Gasteiger partial charge is 0.230 e. The summed E-state index contributed by atoms with van der Waals surface area (Å²) in [6.07, 6.45) is 3.37. The van der Waals surface area contributed by atoms with E-state index in [1.807, 2.05) is 0 Å². The zero-order valence-corrected chi connectivity index (χ0v) is 9.80. The molecule has 1 amide bonds. The van der Waals surface area contributed by atoms with Gasteiger partial charge in [-0.3, -0.25) is 9.89 Å². The third kappa shape index (κ3) is 4.33. The fourth-order valence-corrected chi connectivity index (χ4v) is 1.75. The van der Waals surface area contributed by atoms with Crippen molar-refractivity contribution in [2.24, 2.45) is 0 Å². The largest absolute Gasteiger partial charge is 0.353 e. The van der Waals surface area contributed by atoms with Gasteiger partial charge in [-0.25, -0.2) is 4.98 Å². The lowest BCUT2D eigenvalue weighted by Crippen LogP contribution is -2.35. The molecule has 2 N–H and O–H groups in total. The van der Waals surface area contributed by atoms with Gasteiger partial charge in [0.15, 0.2) is 5.16 Å². The summed E-state index contributed by atoms with van der Waals surface area (Å²) in [5.41, 5.74) is 0. The number of carbonyl (C=O) groups excluding carboxylic acids is 1. The molecule has 1 aromatic heterocycles. The van der Waals surface area contributed by atoms with Crippen LogP contribution in [0, 0.1) is 0 Å². The van der Waals surface area contributed by atoms with E-state index in [0.29, 0.717) is 10.9 Å². The van der Waals surface area contributed by atoms with Crippen LogP contribution in [0.15, 0.2) is 11.5 Å². The van der Waals surface area contributed by atoms with Crippen molar-refractivity contribution >= 4 is 17.7 Å². The number of amides is 1. The number of nitrogens with one attached hydrogen (secondary N) is 2. The molecule has 0 unspecified atom stereocenters. The lowest BCUT2D eigenvalue weighted by Gasteiger charge is -2.13. The molecule has 0 radical (unpaired) electrons. The first-order chi connectivity index (χ1) is 7.26. The number of nitrogens with zero attached hydrogens (tertiary/aromatic N) is 2. The van der Waals surface area contributed by atoms with E-state index < -0.39 is 0 Å². The maximum absolute atomic E-state index is 11.5. The summed E-state index contributed by atoms with van der Waals surface area (Å²) in [4.78, 5) is 15.4. The van der Waals surface area contributed by atoms with E-state index in [1.165, 1.54) is 18.1 Å². The highest BCUT2D eigenvalue weighted by atomic mass is 32.2. The van der Waals surface area contributed by atoms with Crippen LogP contribution in [0.3, 0.4) is 0 Å². The minimum atomic E-state index is 0.0464. The standard InChI is InChI=1S/C9H16N4OS/c1-3-7(4-2)12-8(14)5-15-9-10-6-11-13-9/h6-7H,3-5H2,1-2H3,(H,12,14)(H,10,11,13). The van der Waals surface area contributed by atoms with Crippen molar-refractivity contribution in [3.8, 4) is 0 Å². The molecular formula is C9H16N4OS. The van der Waals surface area contributed by atoms with Crippen LogP contribution >= 0.6 is 11.8 Å². The van der Waals surface area contributed by atoms with Crippen molar-refractivity contribution in [3.05, 3.63) is 6.33 Å². The van der Waals surface area contributed by atoms with Crippen molar-refractivity contribution in [2.45, 2.75) is 37.9 Å². The molecule has 0 fully saturated rings. The van der Waals surface area contributed by atoms with Gasteiger partial charge in [-0.05, 0) is 12.8 Å². The Labute approximate surface area is 93.4 Å². The van der Waals surface area contributed by atoms with Gasteiger partial charge in [-0.1, -0.05) is 25.6 Å². The van der Waals surface area contributed by atoms with Gasteiger partial charge in [0.1, 0.15) is 6.33 Å². The Morgan fingerprint density at radius 2 is 2.33 bits per heavy atom. The van der Waals surface area contributed by atoms with Crippen molar-refractivity contribution in [1.29, 1.82) is 0 Å². The van der Waals surface area contributed by atoms with Crippen molar-refractivity contribution in [2.75, 3.05) is 5.75 Å². The summed E-state index contributed by atoms with van der Waals surface area (Å²) in [5.74, 6) is 0.427. The molecule has 1 rings (SSSR count). The number of hydrogen-bond donors (Lipinski definition) is 2. The number of rotatable bonds is 6. The quantitative estimate of drug-likeness (QED) is 0.718. The lowest BCUT2D eigenvalue weighted by molar-refractivity contribution is -0.119. The molecule has 0 aromatic carbocycles. The maximum atomic E-state index is 11.5. The first kappa shape index (κ1) is 12.0. The van der Waals surface area contributed by atoms with E-state index in [0.717, 1.165) is 12.8 Å². The van der Waals surface area contributed by atoms with Crippen LogP contribution < -0.4 is 5.32 Å². The van der Waals surface area contributed by atoms with E-state index in [-0.39, 0.29) is 11.9 Å². The fraction of sp³-hybridized carbons (Fsp3) is 0.667. The maximum Gasteiger partial charge on any atom is 0.230 e. The zero-order chi connectivity index (χ0) is 11.1. The molecule has 0 aliphatic carbocycles. The summed E-state index contributed by atoms with van der Waals surface area (Å²) in [6, 6.07) is 0.285. The summed E-state index contributed by atoms with van der Waals surface area (Å²) in [6.45, 7) is 4.13. The molecule has 0 bridgehead atoms. The van der Waals surface area contributed by atoms with Gasteiger partial charge >= 0.3 is 0 Å². The predicted octanol–water partition coefficient (Wildman–Crippen LogP) is 1.20. The number of H-pyrrole nitrogens is 1. The van der Waals surface area contributed by atoms with Gasteiger partial charge in [0.25, 0.3) is 0 Å². The van der Waals surface area contributed by atoms with Crippen LogP contribution in [-0.4, -0.2) is 32.9 Å². The average Bonchev–Trinajstić information content (AvgIpc) is 2.75. The second kappa shape index (κ2) is 6.44. The highest BCUT2D eigenvalue weighted by molar-refractivity contribution is 7.99. The van der Waals surface area contributed by atoms with Gasteiger partial charge < -0.3 is 5.32 Å². The Bertz CT molecular complexity index is 284. The second-order valence-electron chi connectivity index (χ2n) is 3.16. The highest BCUT2D eigenvalue weighted by Crippen LogP contribution is 2.09. The summed E-state index contributed by atoms with van der Waals surface area (Å²) in [5, 5.41) is 10.0. The van der Waals surface area contributed by atoms with E-state index in [4.69, 9.17) is 0 Å². The van der Waals surface area contributed by atoms with Crippen LogP contribution in [-0.2, 0) is 4.79 Å². The third-order valence-electron chi connectivity index (χ3n) is 2.08. The van der Waals surface area contributed by atoms with E-state index in [9.17, 15) is 4.79 Å². The average molecular weight is 228 g/mol. The summed E-state index contributed by atoms with van der Waals surface area (Å²) >= 11 is 1.36. The zero-order valence-electron chi connectivity index (χ0n) is 8.99. The van der Waals surface area contributed by atoms with Crippen molar-refractivity contribution in [3.63, 3.8) is 0 Å². The molecule has 1 heterocycles. The molecule has 15 heavy (non-hydrogen) atoms. The van der Waals surface area contributed by atoms with Gasteiger partial charge in [0, 0.05) is 6.04 Å². The normalized spacial score (nSPS) is 10.6. The Balaban J connectivity index is 2.24. The van der Waals surface area contributed by atoms with Crippen LogP contribution in [0.1, 0.15) is 26.7 Å². The number of thioether (sulfide) groups is 1. The first-order valence-corrected chi connectivity index (χ1v) is 6.02. The number of aromatic nitrogens is 3.